The lowest BCUT2D eigenvalue weighted by Crippen LogP contribution is -2.45. The van der Waals surface area contributed by atoms with Crippen molar-refractivity contribution in [3.8, 4) is 0 Å². The molecule has 0 radical (unpaired) electrons. The fraction of sp³-hybridized carbons (Fsp3) is 0.391. The van der Waals surface area contributed by atoms with Crippen molar-refractivity contribution < 1.29 is 4.79 Å². The van der Waals surface area contributed by atoms with Gasteiger partial charge in [-0.05, 0) is 36.3 Å². The van der Waals surface area contributed by atoms with Crippen LogP contribution in [0.2, 0.25) is 0 Å². The van der Waals surface area contributed by atoms with E-state index in [0.717, 1.165) is 38.3 Å². The van der Waals surface area contributed by atoms with Crippen molar-refractivity contribution in [2.24, 2.45) is 10.9 Å². The first-order valence-electron chi connectivity index (χ1n) is 10.0. The van der Waals surface area contributed by atoms with E-state index in [1.54, 1.807) is 7.05 Å². The number of hydrogen-bond donors (Lipinski definition) is 2. The predicted molar refractivity (Wildman–Crippen MR) is 114 cm³/mol. The second-order valence-electron chi connectivity index (χ2n) is 7.28. The molecule has 2 aromatic rings. The van der Waals surface area contributed by atoms with Gasteiger partial charge >= 0.3 is 0 Å². The topological polar surface area (TPSA) is 56.7 Å². The molecule has 5 heteroatoms. The van der Waals surface area contributed by atoms with Gasteiger partial charge in [0.2, 0.25) is 5.91 Å². The van der Waals surface area contributed by atoms with E-state index in [2.05, 4.69) is 63.0 Å². The molecular formula is C23H30N4O. The Morgan fingerprint density at radius 2 is 1.71 bits per heavy atom. The molecule has 1 atom stereocenters. The molecule has 2 aromatic carbocycles. The monoisotopic (exact) mass is 378 g/mol. The van der Waals surface area contributed by atoms with Gasteiger partial charge in [0.1, 0.15) is 0 Å². The number of carbonyl (C=O) groups is 1. The Morgan fingerprint density at radius 3 is 2.39 bits per heavy atom. The third-order valence-corrected chi connectivity index (χ3v) is 5.15. The summed E-state index contributed by atoms with van der Waals surface area (Å²) in [5.41, 5.74) is 2.61. The van der Waals surface area contributed by atoms with Crippen LogP contribution in [-0.2, 0) is 17.6 Å². The maximum Gasteiger partial charge on any atom is 0.239 e. The highest BCUT2D eigenvalue weighted by Crippen LogP contribution is 2.20. The Bertz CT molecular complexity index is 761. The van der Waals surface area contributed by atoms with Crippen molar-refractivity contribution in [1.29, 1.82) is 0 Å². The fourth-order valence-electron chi connectivity index (χ4n) is 3.68. The van der Waals surface area contributed by atoms with Crippen LogP contribution in [0.3, 0.4) is 0 Å². The zero-order valence-electron chi connectivity index (χ0n) is 16.6. The van der Waals surface area contributed by atoms with Crippen LogP contribution in [0.1, 0.15) is 17.5 Å². The highest BCUT2D eigenvalue weighted by atomic mass is 16.1. The standard InChI is InChI=1S/C23H30N4O/c1-24-23(26-17-22(28)25-14-12-19-8-4-2-5-9-19)27-15-13-21(18-27)16-20-10-6-3-7-11-20/h2-11,21H,12-18H2,1H3,(H,24,26)(H,25,28). The van der Waals surface area contributed by atoms with Crippen molar-refractivity contribution in [1.82, 2.24) is 15.5 Å². The first-order valence-corrected chi connectivity index (χ1v) is 10.0. The van der Waals surface area contributed by atoms with Crippen LogP contribution < -0.4 is 10.6 Å². The molecule has 148 valence electrons. The predicted octanol–water partition coefficient (Wildman–Crippen LogP) is 2.49. The van der Waals surface area contributed by atoms with Crippen molar-refractivity contribution in [2.75, 3.05) is 33.2 Å². The minimum atomic E-state index is -0.00267. The average molecular weight is 379 g/mol. The summed E-state index contributed by atoms with van der Waals surface area (Å²) in [7, 11) is 1.78. The lowest BCUT2D eigenvalue weighted by atomic mass is 9.99. The van der Waals surface area contributed by atoms with E-state index in [4.69, 9.17) is 0 Å². The zero-order valence-corrected chi connectivity index (χ0v) is 16.6. The van der Waals surface area contributed by atoms with Crippen molar-refractivity contribution in [2.45, 2.75) is 19.3 Å². The van der Waals surface area contributed by atoms with Gasteiger partial charge in [0.05, 0.1) is 6.54 Å². The summed E-state index contributed by atoms with van der Waals surface area (Å²) in [6.07, 6.45) is 3.09. The maximum atomic E-state index is 12.1. The van der Waals surface area contributed by atoms with Gasteiger partial charge in [-0.15, -0.1) is 0 Å². The summed E-state index contributed by atoms with van der Waals surface area (Å²) in [5.74, 6) is 1.44. The second kappa shape index (κ2) is 10.5. The number of carbonyl (C=O) groups excluding carboxylic acids is 1. The molecule has 1 heterocycles. The SMILES string of the molecule is CN=C(NCC(=O)NCCc1ccccc1)N1CCC(Cc2ccccc2)C1. The van der Waals surface area contributed by atoms with Gasteiger partial charge in [0, 0.05) is 26.7 Å². The smallest absolute Gasteiger partial charge is 0.239 e. The quantitative estimate of drug-likeness (QED) is 0.575. The molecule has 0 bridgehead atoms. The molecule has 1 saturated heterocycles. The highest BCUT2D eigenvalue weighted by molar-refractivity contribution is 5.86. The van der Waals surface area contributed by atoms with E-state index in [9.17, 15) is 4.79 Å². The van der Waals surface area contributed by atoms with E-state index in [1.807, 2.05) is 18.2 Å². The Labute approximate surface area is 167 Å². The van der Waals surface area contributed by atoms with Crippen LogP contribution in [0, 0.1) is 5.92 Å². The third-order valence-electron chi connectivity index (χ3n) is 5.15. The molecule has 1 fully saturated rings. The van der Waals surface area contributed by atoms with E-state index >= 15 is 0 Å². The van der Waals surface area contributed by atoms with E-state index in [-0.39, 0.29) is 12.5 Å². The van der Waals surface area contributed by atoms with Crippen LogP contribution in [0.4, 0.5) is 0 Å². The maximum absolute atomic E-state index is 12.1. The molecule has 1 unspecified atom stereocenters. The molecule has 1 amide bonds. The van der Waals surface area contributed by atoms with E-state index in [0.29, 0.717) is 12.5 Å². The third kappa shape index (κ3) is 6.12. The number of benzene rings is 2. The normalized spacial score (nSPS) is 16.8. The molecule has 3 rings (SSSR count). The number of aliphatic imine (C=N–C) groups is 1. The van der Waals surface area contributed by atoms with Gasteiger partial charge < -0.3 is 15.5 Å². The first kappa shape index (κ1) is 19.9. The Kier molecular flexibility index (Phi) is 7.47. The minimum Gasteiger partial charge on any atom is -0.354 e. The molecule has 1 aliphatic rings. The zero-order chi connectivity index (χ0) is 19.6. The summed E-state index contributed by atoms with van der Waals surface area (Å²) in [6, 6.07) is 20.8. The van der Waals surface area contributed by atoms with Gasteiger partial charge in [-0.1, -0.05) is 60.7 Å². The molecular weight excluding hydrogens is 348 g/mol. The summed E-state index contributed by atoms with van der Waals surface area (Å²) in [6.45, 7) is 2.85. The number of rotatable bonds is 7. The van der Waals surface area contributed by atoms with Crippen molar-refractivity contribution >= 4 is 11.9 Å². The van der Waals surface area contributed by atoms with Crippen LogP contribution in [0.5, 0.6) is 0 Å². The number of nitrogens with one attached hydrogen (secondary N) is 2. The van der Waals surface area contributed by atoms with Gasteiger partial charge in [0.15, 0.2) is 5.96 Å². The van der Waals surface area contributed by atoms with Gasteiger partial charge in [-0.2, -0.15) is 0 Å². The van der Waals surface area contributed by atoms with Gasteiger partial charge in [0.25, 0.3) is 0 Å². The molecule has 1 aliphatic heterocycles. The van der Waals surface area contributed by atoms with Crippen LogP contribution in [-0.4, -0.2) is 50.0 Å². The Morgan fingerprint density at radius 1 is 1.04 bits per heavy atom. The Balaban J connectivity index is 1.37. The summed E-state index contributed by atoms with van der Waals surface area (Å²) < 4.78 is 0. The number of amides is 1. The Hall–Kier alpha value is -2.82. The lowest BCUT2D eigenvalue weighted by molar-refractivity contribution is -0.120. The number of likely N-dealkylation sites (tertiary alicyclic amines) is 1. The average Bonchev–Trinajstić information content (AvgIpc) is 3.18. The molecule has 28 heavy (non-hydrogen) atoms. The van der Waals surface area contributed by atoms with Crippen molar-refractivity contribution in [3.63, 3.8) is 0 Å². The molecule has 2 N–H and O–H groups in total. The largest absolute Gasteiger partial charge is 0.354 e. The molecule has 0 aromatic heterocycles. The van der Waals surface area contributed by atoms with Crippen LogP contribution in [0.25, 0.3) is 0 Å². The van der Waals surface area contributed by atoms with Crippen molar-refractivity contribution in [3.05, 3.63) is 71.8 Å². The summed E-state index contributed by atoms with van der Waals surface area (Å²) in [4.78, 5) is 18.7. The molecule has 0 spiro atoms. The molecule has 0 saturated carbocycles. The summed E-state index contributed by atoms with van der Waals surface area (Å²) >= 11 is 0. The molecule has 5 nitrogen and oxygen atoms in total. The second-order valence-corrected chi connectivity index (χ2v) is 7.28. The van der Waals surface area contributed by atoms with Crippen LogP contribution in [0.15, 0.2) is 65.7 Å². The molecule has 0 aliphatic carbocycles. The fourth-order valence-corrected chi connectivity index (χ4v) is 3.68. The first-order chi connectivity index (χ1) is 13.7. The summed E-state index contributed by atoms with van der Waals surface area (Å²) in [5, 5.41) is 6.18. The number of nitrogens with zero attached hydrogens (tertiary/aromatic N) is 2. The van der Waals surface area contributed by atoms with Gasteiger partial charge in [-0.25, -0.2) is 0 Å². The van der Waals surface area contributed by atoms with E-state index < -0.39 is 0 Å². The van der Waals surface area contributed by atoms with Gasteiger partial charge in [-0.3, -0.25) is 9.79 Å². The van der Waals surface area contributed by atoms with E-state index in [1.165, 1.54) is 11.1 Å². The number of guanidine groups is 1. The van der Waals surface area contributed by atoms with Crippen LogP contribution >= 0.6 is 0 Å². The minimum absolute atomic E-state index is 0.00267. The number of hydrogen-bond acceptors (Lipinski definition) is 2. The highest BCUT2D eigenvalue weighted by Gasteiger charge is 2.25. The lowest BCUT2D eigenvalue weighted by Gasteiger charge is -2.21.